The number of aromatic nitrogens is 2. The van der Waals surface area contributed by atoms with Crippen LogP contribution in [0, 0.1) is 11.3 Å². The molecule has 2 heterocycles. The average molecular weight is 250 g/mol. The van der Waals surface area contributed by atoms with Gasteiger partial charge >= 0.3 is 0 Å². The van der Waals surface area contributed by atoms with Gasteiger partial charge in [-0.15, -0.1) is 5.10 Å². The van der Waals surface area contributed by atoms with E-state index in [1.165, 1.54) is 11.1 Å². The van der Waals surface area contributed by atoms with Crippen LogP contribution in [0.3, 0.4) is 0 Å². The minimum Gasteiger partial charge on any atom is -0.350 e. The lowest BCUT2D eigenvalue weighted by atomic mass is 10.0. The number of aryl methyl sites for hydroxylation is 1. The van der Waals surface area contributed by atoms with Gasteiger partial charge < -0.3 is 4.90 Å². The molecule has 0 atom stereocenters. The normalized spacial score (nSPS) is 14.4. The van der Waals surface area contributed by atoms with E-state index >= 15 is 0 Å². The first-order valence-corrected chi connectivity index (χ1v) is 6.42. The molecule has 1 aromatic heterocycles. The average Bonchev–Trinajstić information content (AvgIpc) is 2.69. The maximum Gasteiger partial charge on any atom is 0.169 e. The van der Waals surface area contributed by atoms with Gasteiger partial charge in [-0.1, -0.05) is 24.3 Å². The Labute approximate surface area is 112 Å². The predicted molar refractivity (Wildman–Crippen MR) is 72.6 cm³/mol. The minimum atomic E-state index is 0.592. The summed E-state index contributed by atoms with van der Waals surface area (Å²) in [6.07, 6.45) is 3.71. The van der Waals surface area contributed by atoms with Crippen molar-refractivity contribution < 1.29 is 0 Å². The Bertz CT molecular complexity index is 630. The monoisotopic (exact) mass is 250 g/mol. The fourth-order valence-electron chi connectivity index (χ4n) is 2.53. The van der Waals surface area contributed by atoms with Gasteiger partial charge in [0.15, 0.2) is 5.82 Å². The van der Waals surface area contributed by atoms with Crippen LogP contribution in [-0.4, -0.2) is 16.7 Å². The van der Waals surface area contributed by atoms with Gasteiger partial charge in [0, 0.05) is 13.1 Å². The van der Waals surface area contributed by atoms with E-state index in [9.17, 15) is 5.26 Å². The lowest BCUT2D eigenvalue weighted by molar-refractivity contribution is 0.743. The van der Waals surface area contributed by atoms with Crippen molar-refractivity contribution in [1.82, 2.24) is 10.2 Å². The van der Waals surface area contributed by atoms with Crippen LogP contribution in [0.2, 0.25) is 0 Å². The molecule has 1 aromatic carbocycles. The molecule has 0 aliphatic carbocycles. The van der Waals surface area contributed by atoms with E-state index in [0.29, 0.717) is 11.4 Å². The van der Waals surface area contributed by atoms with E-state index < -0.39 is 0 Å². The Hall–Kier alpha value is -2.41. The van der Waals surface area contributed by atoms with Gasteiger partial charge in [-0.3, -0.25) is 0 Å². The van der Waals surface area contributed by atoms with Crippen LogP contribution in [0.25, 0.3) is 0 Å². The van der Waals surface area contributed by atoms with Crippen LogP contribution < -0.4 is 4.90 Å². The molecule has 2 aromatic rings. The summed E-state index contributed by atoms with van der Waals surface area (Å²) in [5, 5.41) is 17.2. The van der Waals surface area contributed by atoms with Crippen LogP contribution in [0.15, 0.2) is 36.5 Å². The Balaban J connectivity index is 1.97. The topological polar surface area (TPSA) is 52.8 Å². The van der Waals surface area contributed by atoms with E-state index in [2.05, 4.69) is 45.4 Å². The molecule has 0 spiro atoms. The van der Waals surface area contributed by atoms with Gasteiger partial charge in [0.05, 0.1) is 11.8 Å². The highest BCUT2D eigenvalue weighted by atomic mass is 15.3. The molecule has 1 aliphatic rings. The molecule has 0 amide bonds. The first-order valence-electron chi connectivity index (χ1n) is 6.42. The molecule has 0 bridgehead atoms. The zero-order valence-corrected chi connectivity index (χ0v) is 10.6. The molecule has 94 valence electrons. The first-order chi connectivity index (χ1) is 9.38. The third kappa shape index (κ3) is 2.27. The van der Waals surface area contributed by atoms with Crippen LogP contribution >= 0.6 is 0 Å². The molecule has 0 N–H and O–H groups in total. The van der Waals surface area contributed by atoms with Gasteiger partial charge in [-0.05, 0) is 30.0 Å². The fourth-order valence-corrected chi connectivity index (χ4v) is 2.53. The fraction of sp³-hybridized carbons (Fsp3) is 0.267. The summed E-state index contributed by atoms with van der Waals surface area (Å²) < 4.78 is 0. The van der Waals surface area contributed by atoms with Crippen molar-refractivity contribution in [2.24, 2.45) is 0 Å². The van der Waals surface area contributed by atoms with Crippen LogP contribution in [0.5, 0.6) is 0 Å². The second-order valence-corrected chi connectivity index (χ2v) is 4.67. The van der Waals surface area contributed by atoms with Crippen molar-refractivity contribution in [2.45, 2.75) is 19.4 Å². The Morgan fingerprint density at radius 3 is 2.84 bits per heavy atom. The highest BCUT2D eigenvalue weighted by Crippen LogP contribution is 2.24. The molecular weight excluding hydrogens is 236 g/mol. The van der Waals surface area contributed by atoms with Gasteiger partial charge in [-0.25, -0.2) is 0 Å². The van der Waals surface area contributed by atoms with E-state index in [0.717, 1.165) is 25.9 Å². The molecule has 4 heteroatoms. The zero-order valence-electron chi connectivity index (χ0n) is 10.6. The van der Waals surface area contributed by atoms with Gasteiger partial charge in [0.25, 0.3) is 0 Å². The van der Waals surface area contributed by atoms with Crippen molar-refractivity contribution in [3.05, 3.63) is 53.2 Å². The largest absolute Gasteiger partial charge is 0.350 e. The van der Waals surface area contributed by atoms with E-state index in [-0.39, 0.29) is 0 Å². The number of benzene rings is 1. The predicted octanol–water partition coefficient (Wildman–Crippen LogP) is 2.30. The van der Waals surface area contributed by atoms with Crippen molar-refractivity contribution in [3.8, 4) is 6.07 Å². The second kappa shape index (κ2) is 5.07. The van der Waals surface area contributed by atoms with Crippen molar-refractivity contribution >= 4 is 5.82 Å². The number of nitrogens with zero attached hydrogens (tertiary/aromatic N) is 4. The van der Waals surface area contributed by atoms with Gasteiger partial charge in [0.2, 0.25) is 0 Å². The summed E-state index contributed by atoms with van der Waals surface area (Å²) in [6.45, 7) is 1.70. The summed E-state index contributed by atoms with van der Waals surface area (Å²) in [6, 6.07) is 12.4. The first kappa shape index (κ1) is 11.7. The third-order valence-electron chi connectivity index (χ3n) is 3.47. The molecule has 1 aliphatic heterocycles. The summed E-state index contributed by atoms with van der Waals surface area (Å²) in [5.41, 5.74) is 3.30. The number of nitriles is 1. The second-order valence-electron chi connectivity index (χ2n) is 4.67. The molecule has 4 nitrogen and oxygen atoms in total. The van der Waals surface area contributed by atoms with Crippen molar-refractivity contribution in [2.75, 3.05) is 11.4 Å². The van der Waals surface area contributed by atoms with E-state index in [1.54, 1.807) is 12.3 Å². The lowest BCUT2D eigenvalue weighted by Gasteiger charge is -2.22. The quantitative estimate of drug-likeness (QED) is 0.779. The molecule has 0 unspecified atom stereocenters. The van der Waals surface area contributed by atoms with Crippen molar-refractivity contribution in [1.29, 1.82) is 5.26 Å². The minimum absolute atomic E-state index is 0.592. The molecule has 0 fully saturated rings. The Morgan fingerprint density at radius 2 is 2.00 bits per heavy atom. The highest BCUT2D eigenvalue weighted by molar-refractivity contribution is 5.53. The maximum atomic E-state index is 9.17. The molecular formula is C15H14N4. The summed E-state index contributed by atoms with van der Waals surface area (Å²) >= 11 is 0. The number of hydrogen-bond acceptors (Lipinski definition) is 4. The lowest BCUT2D eigenvalue weighted by Crippen LogP contribution is -2.24. The maximum absolute atomic E-state index is 9.17. The van der Waals surface area contributed by atoms with E-state index in [1.807, 2.05) is 0 Å². The standard InChI is InChI=1S/C15H14N4/c16-10-13-7-8-17-18-15(13)19-9-3-6-12-4-1-2-5-14(12)11-19/h1-2,4-5,7-8H,3,6,9,11H2. The Kier molecular flexibility index (Phi) is 3.11. The zero-order chi connectivity index (χ0) is 13.1. The van der Waals surface area contributed by atoms with Crippen LogP contribution in [0.4, 0.5) is 5.82 Å². The molecule has 3 rings (SSSR count). The molecule has 0 radical (unpaired) electrons. The SMILES string of the molecule is N#Cc1ccnnc1N1CCCc2ccccc2C1. The van der Waals surface area contributed by atoms with Crippen LogP contribution in [-0.2, 0) is 13.0 Å². The smallest absolute Gasteiger partial charge is 0.169 e. The summed E-state index contributed by atoms with van der Waals surface area (Å²) in [5.74, 6) is 0.696. The van der Waals surface area contributed by atoms with Gasteiger partial charge in [-0.2, -0.15) is 10.4 Å². The number of rotatable bonds is 1. The number of fused-ring (bicyclic) bond motifs is 1. The number of hydrogen-bond donors (Lipinski definition) is 0. The summed E-state index contributed by atoms with van der Waals surface area (Å²) in [7, 11) is 0. The molecule has 0 saturated carbocycles. The van der Waals surface area contributed by atoms with E-state index in [4.69, 9.17) is 0 Å². The molecule has 0 saturated heterocycles. The summed E-state index contributed by atoms with van der Waals surface area (Å²) in [4.78, 5) is 2.15. The van der Waals surface area contributed by atoms with Crippen molar-refractivity contribution in [3.63, 3.8) is 0 Å². The number of anilines is 1. The highest BCUT2D eigenvalue weighted by Gasteiger charge is 2.18. The van der Waals surface area contributed by atoms with Crippen LogP contribution in [0.1, 0.15) is 23.1 Å². The van der Waals surface area contributed by atoms with Gasteiger partial charge in [0.1, 0.15) is 6.07 Å². The Morgan fingerprint density at radius 1 is 1.16 bits per heavy atom. The third-order valence-corrected chi connectivity index (χ3v) is 3.47. The molecule has 19 heavy (non-hydrogen) atoms.